The molecule has 0 spiro atoms. The number of hydrogen-bond donors (Lipinski definition) is 0. The number of ether oxygens (including phenoxy) is 1. The van der Waals surface area contributed by atoms with Gasteiger partial charge in [-0.25, -0.2) is 13.2 Å². The van der Waals surface area contributed by atoms with E-state index in [-0.39, 0.29) is 0 Å². The van der Waals surface area contributed by atoms with E-state index in [4.69, 9.17) is 4.74 Å². The molecule has 0 unspecified atom stereocenters. The number of likely N-dealkylation sites (tertiary alicyclic amines) is 1. The number of nitrogens with zero attached hydrogens (tertiary/aromatic N) is 1. The maximum Gasteiger partial charge on any atom is 0.207 e. The highest BCUT2D eigenvalue weighted by molar-refractivity contribution is 7.62. The van der Waals surface area contributed by atoms with Crippen molar-refractivity contribution in [2.45, 2.75) is 18.9 Å². The van der Waals surface area contributed by atoms with Crippen LogP contribution in [0, 0.1) is 29.1 Å². The standard InChI is InChI=1S/C14H17F5NO2P/c1-23(2,21)7-20-5-3-8(4-6-20)22-14-12(18)10(16)9(15)11(17)13(14)19/h8H,3-7H2,1-2H3. The second kappa shape index (κ2) is 6.77. The molecule has 0 aromatic heterocycles. The summed E-state index contributed by atoms with van der Waals surface area (Å²) in [5, 5.41) is 0. The molecule has 1 saturated heterocycles. The minimum absolute atomic E-state index is 0.347. The number of piperidine rings is 1. The maximum absolute atomic E-state index is 13.6. The fourth-order valence-electron chi connectivity index (χ4n) is 2.51. The third kappa shape index (κ3) is 4.23. The lowest BCUT2D eigenvalue weighted by Crippen LogP contribution is -2.38. The molecule has 130 valence electrons. The molecule has 1 aliphatic rings. The molecule has 0 atom stereocenters. The average Bonchev–Trinajstić information content (AvgIpc) is 2.48. The average molecular weight is 357 g/mol. The Morgan fingerprint density at radius 1 is 0.957 bits per heavy atom. The summed E-state index contributed by atoms with van der Waals surface area (Å²) in [6.45, 7) is 4.27. The van der Waals surface area contributed by atoms with Crippen LogP contribution in [0.25, 0.3) is 0 Å². The zero-order chi connectivity index (χ0) is 17.4. The molecule has 0 bridgehead atoms. The number of benzene rings is 1. The quantitative estimate of drug-likeness (QED) is 0.355. The molecule has 9 heteroatoms. The van der Waals surface area contributed by atoms with Gasteiger partial charge in [0.25, 0.3) is 0 Å². The fourth-order valence-corrected chi connectivity index (χ4v) is 3.75. The normalized spacial score (nSPS) is 17.5. The van der Waals surface area contributed by atoms with E-state index in [9.17, 15) is 26.5 Å². The minimum atomic E-state index is -2.23. The maximum atomic E-state index is 13.6. The van der Waals surface area contributed by atoms with Gasteiger partial charge in [0, 0.05) is 13.1 Å². The van der Waals surface area contributed by atoms with Crippen LogP contribution in [-0.4, -0.2) is 43.7 Å². The van der Waals surface area contributed by atoms with Crippen LogP contribution < -0.4 is 4.74 Å². The Hall–Kier alpha value is -1.14. The molecule has 3 nitrogen and oxygen atoms in total. The van der Waals surface area contributed by atoms with Gasteiger partial charge in [0.05, 0.1) is 13.4 Å². The number of rotatable bonds is 4. The van der Waals surface area contributed by atoms with Crippen molar-refractivity contribution in [1.29, 1.82) is 0 Å². The van der Waals surface area contributed by atoms with Crippen molar-refractivity contribution >= 4 is 7.14 Å². The molecule has 0 amide bonds. The molecule has 2 rings (SSSR count). The molecular formula is C14H17F5NO2P. The first kappa shape index (κ1) is 18.2. The van der Waals surface area contributed by atoms with Gasteiger partial charge in [-0.3, -0.25) is 4.90 Å². The van der Waals surface area contributed by atoms with Gasteiger partial charge in [-0.1, -0.05) is 0 Å². The lowest BCUT2D eigenvalue weighted by Gasteiger charge is -2.33. The van der Waals surface area contributed by atoms with Gasteiger partial charge in [0.1, 0.15) is 6.10 Å². The van der Waals surface area contributed by atoms with E-state index < -0.39 is 48.1 Å². The van der Waals surface area contributed by atoms with Crippen molar-refractivity contribution in [2.75, 3.05) is 32.7 Å². The van der Waals surface area contributed by atoms with Crippen molar-refractivity contribution in [3.63, 3.8) is 0 Å². The van der Waals surface area contributed by atoms with Crippen LogP contribution in [0.4, 0.5) is 22.0 Å². The van der Waals surface area contributed by atoms with Gasteiger partial charge in [0.15, 0.2) is 5.75 Å². The molecule has 1 aromatic carbocycles. The van der Waals surface area contributed by atoms with Crippen molar-refractivity contribution in [2.24, 2.45) is 0 Å². The second-order valence-corrected chi connectivity index (χ2v) is 9.48. The Morgan fingerprint density at radius 2 is 1.39 bits per heavy atom. The smallest absolute Gasteiger partial charge is 0.207 e. The van der Waals surface area contributed by atoms with Gasteiger partial charge >= 0.3 is 0 Å². The Bertz CT molecular complexity index is 612. The molecule has 1 aliphatic heterocycles. The molecule has 1 fully saturated rings. The van der Waals surface area contributed by atoms with Gasteiger partial charge in [-0.15, -0.1) is 0 Å². The third-order valence-electron chi connectivity index (χ3n) is 3.53. The van der Waals surface area contributed by atoms with E-state index in [1.807, 2.05) is 4.90 Å². The van der Waals surface area contributed by atoms with Crippen LogP contribution in [0.5, 0.6) is 5.75 Å². The summed E-state index contributed by atoms with van der Waals surface area (Å²) >= 11 is 0. The van der Waals surface area contributed by atoms with E-state index in [0.717, 1.165) is 0 Å². The first-order valence-corrected chi connectivity index (χ1v) is 9.83. The molecule has 0 saturated carbocycles. The van der Waals surface area contributed by atoms with Crippen molar-refractivity contribution in [3.05, 3.63) is 29.1 Å². The predicted molar refractivity (Wildman–Crippen MR) is 75.8 cm³/mol. The van der Waals surface area contributed by atoms with Crippen molar-refractivity contribution < 1.29 is 31.3 Å². The Morgan fingerprint density at radius 3 is 1.83 bits per heavy atom. The van der Waals surface area contributed by atoms with Gasteiger partial charge in [-0.05, 0) is 26.2 Å². The van der Waals surface area contributed by atoms with E-state index in [1.165, 1.54) is 0 Å². The van der Waals surface area contributed by atoms with Crippen LogP contribution in [-0.2, 0) is 4.57 Å². The molecular weight excluding hydrogens is 340 g/mol. The Balaban J connectivity index is 2.07. The highest BCUT2D eigenvalue weighted by atomic mass is 31.2. The van der Waals surface area contributed by atoms with E-state index in [1.54, 1.807) is 13.3 Å². The first-order valence-electron chi connectivity index (χ1n) is 7.04. The lowest BCUT2D eigenvalue weighted by molar-refractivity contribution is 0.0992. The SMILES string of the molecule is CP(C)(=O)CN1CCC(Oc2c(F)c(F)c(F)c(F)c2F)CC1. The van der Waals surface area contributed by atoms with E-state index >= 15 is 0 Å². The third-order valence-corrected chi connectivity index (χ3v) is 4.61. The highest BCUT2D eigenvalue weighted by Crippen LogP contribution is 2.37. The largest absolute Gasteiger partial charge is 0.484 e. The summed E-state index contributed by atoms with van der Waals surface area (Å²) in [5.41, 5.74) is 0. The summed E-state index contributed by atoms with van der Waals surface area (Å²) < 4.78 is 83.1. The molecule has 1 aromatic rings. The van der Waals surface area contributed by atoms with Gasteiger partial charge in [-0.2, -0.15) is 8.78 Å². The Kier molecular flexibility index (Phi) is 5.36. The summed E-state index contributed by atoms with van der Waals surface area (Å²) in [7, 11) is -2.23. The topological polar surface area (TPSA) is 29.5 Å². The van der Waals surface area contributed by atoms with Crippen LogP contribution >= 0.6 is 7.14 Å². The van der Waals surface area contributed by atoms with Crippen LogP contribution in [0.2, 0.25) is 0 Å². The van der Waals surface area contributed by atoms with Crippen LogP contribution in [0.1, 0.15) is 12.8 Å². The molecule has 0 aliphatic carbocycles. The summed E-state index contributed by atoms with van der Waals surface area (Å²) in [5.74, 6) is -11.4. The lowest BCUT2D eigenvalue weighted by atomic mass is 10.1. The zero-order valence-electron chi connectivity index (χ0n) is 12.7. The second-order valence-electron chi connectivity index (χ2n) is 6.05. The van der Waals surface area contributed by atoms with Crippen LogP contribution in [0.3, 0.4) is 0 Å². The number of halogens is 5. The zero-order valence-corrected chi connectivity index (χ0v) is 13.6. The minimum Gasteiger partial charge on any atom is -0.484 e. The van der Waals surface area contributed by atoms with E-state index in [2.05, 4.69) is 0 Å². The highest BCUT2D eigenvalue weighted by Gasteiger charge is 2.30. The predicted octanol–water partition coefficient (Wildman–Crippen LogP) is 3.81. The number of hydrogen-bond acceptors (Lipinski definition) is 3. The van der Waals surface area contributed by atoms with Gasteiger partial charge in [0.2, 0.25) is 29.1 Å². The monoisotopic (exact) mass is 357 g/mol. The van der Waals surface area contributed by atoms with E-state index in [0.29, 0.717) is 32.2 Å². The summed E-state index contributed by atoms with van der Waals surface area (Å²) in [6, 6.07) is 0. The summed E-state index contributed by atoms with van der Waals surface area (Å²) in [4.78, 5) is 1.93. The van der Waals surface area contributed by atoms with Crippen LogP contribution in [0.15, 0.2) is 0 Å². The molecule has 0 N–H and O–H groups in total. The van der Waals surface area contributed by atoms with Crippen molar-refractivity contribution in [1.82, 2.24) is 4.90 Å². The van der Waals surface area contributed by atoms with Crippen molar-refractivity contribution in [3.8, 4) is 5.75 Å². The molecule has 0 radical (unpaired) electrons. The van der Waals surface area contributed by atoms with Gasteiger partial charge < -0.3 is 9.30 Å². The molecule has 23 heavy (non-hydrogen) atoms. The first-order chi connectivity index (χ1) is 10.6. The fraction of sp³-hybridized carbons (Fsp3) is 0.571. The Labute approximate surface area is 130 Å². The molecule has 1 heterocycles. The summed E-state index contributed by atoms with van der Waals surface area (Å²) in [6.07, 6.45) is 0.453.